The van der Waals surface area contributed by atoms with Crippen LogP contribution in [0.2, 0.25) is 0 Å². The van der Waals surface area contributed by atoms with E-state index in [-0.39, 0.29) is 5.91 Å². The maximum Gasteiger partial charge on any atom is 0.240 e. The number of nitrogens with one attached hydrogen (secondary N) is 1. The van der Waals surface area contributed by atoms with Gasteiger partial charge in [0.15, 0.2) is 0 Å². The van der Waals surface area contributed by atoms with E-state index in [0.29, 0.717) is 6.42 Å². The monoisotopic (exact) mass is 295 g/mol. The third-order valence-electron chi connectivity index (χ3n) is 3.28. The van der Waals surface area contributed by atoms with Crippen molar-refractivity contribution in [1.29, 1.82) is 0 Å². The Labute approximate surface area is 131 Å². The molecule has 0 spiro atoms. The van der Waals surface area contributed by atoms with Crippen LogP contribution in [0.25, 0.3) is 0 Å². The normalized spacial score (nSPS) is 11.2. The van der Waals surface area contributed by atoms with E-state index in [1.54, 1.807) is 12.4 Å². The average molecular weight is 295 g/mol. The van der Waals surface area contributed by atoms with Crippen molar-refractivity contribution in [2.45, 2.75) is 32.6 Å². The molecule has 22 heavy (non-hydrogen) atoms. The molecule has 1 N–H and O–H groups in total. The van der Waals surface area contributed by atoms with Crippen LogP contribution < -0.4 is 5.43 Å². The summed E-state index contributed by atoms with van der Waals surface area (Å²) in [6.07, 6.45) is 7.02. The molecule has 114 valence electrons. The number of hydrazone groups is 1. The zero-order valence-corrected chi connectivity index (χ0v) is 12.8. The number of rotatable bonds is 7. The van der Waals surface area contributed by atoms with Crippen molar-refractivity contribution in [1.82, 2.24) is 10.4 Å². The van der Waals surface area contributed by atoms with E-state index in [2.05, 4.69) is 22.4 Å². The minimum atomic E-state index is -0.0502. The molecule has 1 heterocycles. The summed E-state index contributed by atoms with van der Waals surface area (Å²) in [6, 6.07) is 13.6. The van der Waals surface area contributed by atoms with Crippen LogP contribution in [0.5, 0.6) is 0 Å². The highest BCUT2D eigenvalue weighted by Crippen LogP contribution is 2.09. The molecule has 0 saturated carbocycles. The summed E-state index contributed by atoms with van der Waals surface area (Å²) >= 11 is 0. The Morgan fingerprint density at radius 1 is 1.09 bits per heavy atom. The molecular weight excluding hydrogens is 274 g/mol. The molecule has 0 aliphatic rings. The lowest BCUT2D eigenvalue weighted by atomic mass is 10.0. The lowest BCUT2D eigenvalue weighted by Crippen LogP contribution is -2.20. The topological polar surface area (TPSA) is 54.4 Å². The zero-order valence-electron chi connectivity index (χ0n) is 12.8. The van der Waals surface area contributed by atoms with Gasteiger partial charge >= 0.3 is 0 Å². The summed E-state index contributed by atoms with van der Waals surface area (Å²) in [6.45, 7) is 2.12. The van der Waals surface area contributed by atoms with E-state index in [1.807, 2.05) is 42.5 Å². The van der Waals surface area contributed by atoms with Gasteiger partial charge in [-0.3, -0.25) is 9.78 Å². The Bertz CT molecular complexity index is 567. The molecule has 0 saturated heterocycles. The summed E-state index contributed by atoms with van der Waals surface area (Å²) in [4.78, 5) is 16.0. The van der Waals surface area contributed by atoms with Crippen LogP contribution in [0, 0.1) is 0 Å². The van der Waals surface area contributed by atoms with E-state index >= 15 is 0 Å². The van der Waals surface area contributed by atoms with Gasteiger partial charge in [0.25, 0.3) is 0 Å². The maximum atomic E-state index is 11.9. The van der Waals surface area contributed by atoms with E-state index < -0.39 is 0 Å². The third-order valence-corrected chi connectivity index (χ3v) is 3.28. The van der Waals surface area contributed by atoms with Gasteiger partial charge in [0, 0.05) is 29.9 Å². The second-order valence-corrected chi connectivity index (χ2v) is 5.06. The second-order valence-electron chi connectivity index (χ2n) is 5.06. The molecule has 1 aromatic carbocycles. The Morgan fingerprint density at radius 3 is 2.55 bits per heavy atom. The van der Waals surface area contributed by atoms with Gasteiger partial charge in [-0.05, 0) is 18.6 Å². The molecule has 0 unspecified atom stereocenters. The first kappa shape index (κ1) is 15.9. The number of nitrogens with zero attached hydrogens (tertiary/aromatic N) is 2. The van der Waals surface area contributed by atoms with Crippen molar-refractivity contribution in [2.24, 2.45) is 5.10 Å². The van der Waals surface area contributed by atoms with E-state index in [4.69, 9.17) is 0 Å². The molecule has 1 aromatic heterocycles. The van der Waals surface area contributed by atoms with Gasteiger partial charge < -0.3 is 0 Å². The zero-order chi connectivity index (χ0) is 15.6. The van der Waals surface area contributed by atoms with Gasteiger partial charge in [0.05, 0.1) is 5.71 Å². The fourth-order valence-electron chi connectivity index (χ4n) is 2.10. The molecule has 1 amide bonds. The standard InChI is InChI=1S/C18H21N3O/c1-2-3-5-12-17(22)20-21-18(15-9-6-4-7-10-15)16-11-8-13-19-14-16/h4,6-11,13-14H,2-3,5,12H2,1H3,(H,20,22)/b21-18+. The Morgan fingerprint density at radius 2 is 1.86 bits per heavy atom. The lowest BCUT2D eigenvalue weighted by molar-refractivity contribution is -0.121. The first-order valence-corrected chi connectivity index (χ1v) is 7.63. The van der Waals surface area contributed by atoms with Crippen LogP contribution in [-0.2, 0) is 4.79 Å². The van der Waals surface area contributed by atoms with Crippen LogP contribution in [0.3, 0.4) is 0 Å². The fourth-order valence-corrected chi connectivity index (χ4v) is 2.10. The lowest BCUT2D eigenvalue weighted by Gasteiger charge is -2.07. The number of carbonyl (C=O) groups is 1. The molecule has 2 rings (SSSR count). The molecular formula is C18H21N3O. The van der Waals surface area contributed by atoms with Crippen molar-refractivity contribution < 1.29 is 4.79 Å². The van der Waals surface area contributed by atoms with Crippen LogP contribution in [0.1, 0.15) is 43.7 Å². The molecule has 0 aliphatic carbocycles. The predicted octanol–water partition coefficient (Wildman–Crippen LogP) is 3.53. The molecule has 0 bridgehead atoms. The maximum absolute atomic E-state index is 11.9. The van der Waals surface area contributed by atoms with Gasteiger partial charge in [-0.15, -0.1) is 0 Å². The van der Waals surface area contributed by atoms with Crippen molar-refractivity contribution in [3.05, 3.63) is 66.0 Å². The van der Waals surface area contributed by atoms with Gasteiger partial charge in [0.1, 0.15) is 0 Å². The number of hydrogen-bond donors (Lipinski definition) is 1. The van der Waals surface area contributed by atoms with E-state index in [0.717, 1.165) is 36.1 Å². The number of amides is 1. The van der Waals surface area contributed by atoms with Crippen LogP contribution >= 0.6 is 0 Å². The highest BCUT2D eigenvalue weighted by molar-refractivity contribution is 6.12. The van der Waals surface area contributed by atoms with Gasteiger partial charge in [-0.2, -0.15) is 5.10 Å². The number of carbonyl (C=O) groups excluding carboxylic acids is 1. The van der Waals surface area contributed by atoms with E-state index in [1.165, 1.54) is 0 Å². The molecule has 0 atom stereocenters. The van der Waals surface area contributed by atoms with Crippen LogP contribution in [0.15, 0.2) is 60.0 Å². The van der Waals surface area contributed by atoms with Crippen molar-refractivity contribution in [3.63, 3.8) is 0 Å². The Hall–Kier alpha value is -2.49. The average Bonchev–Trinajstić information content (AvgIpc) is 2.57. The molecule has 2 aromatic rings. The first-order valence-electron chi connectivity index (χ1n) is 7.63. The second kappa shape index (κ2) is 8.72. The van der Waals surface area contributed by atoms with Crippen molar-refractivity contribution >= 4 is 11.6 Å². The van der Waals surface area contributed by atoms with Gasteiger partial charge in [-0.25, -0.2) is 5.43 Å². The van der Waals surface area contributed by atoms with Gasteiger partial charge in [-0.1, -0.05) is 50.1 Å². The Kier molecular flexibility index (Phi) is 6.30. The van der Waals surface area contributed by atoms with Crippen molar-refractivity contribution in [3.8, 4) is 0 Å². The molecule has 4 heteroatoms. The van der Waals surface area contributed by atoms with Gasteiger partial charge in [0.2, 0.25) is 5.91 Å². The first-order chi connectivity index (χ1) is 10.8. The highest BCUT2D eigenvalue weighted by Gasteiger charge is 2.08. The summed E-state index contributed by atoms with van der Waals surface area (Å²) in [5.74, 6) is -0.0502. The smallest absolute Gasteiger partial charge is 0.240 e. The fraction of sp³-hybridized carbons (Fsp3) is 0.278. The predicted molar refractivity (Wildman–Crippen MR) is 88.6 cm³/mol. The van der Waals surface area contributed by atoms with Crippen molar-refractivity contribution in [2.75, 3.05) is 0 Å². The number of benzene rings is 1. The minimum Gasteiger partial charge on any atom is -0.273 e. The van der Waals surface area contributed by atoms with Crippen LogP contribution in [0.4, 0.5) is 0 Å². The Balaban J connectivity index is 2.15. The number of unbranched alkanes of at least 4 members (excludes halogenated alkanes) is 2. The molecule has 0 radical (unpaired) electrons. The molecule has 4 nitrogen and oxygen atoms in total. The third kappa shape index (κ3) is 4.81. The number of aromatic nitrogens is 1. The quantitative estimate of drug-likeness (QED) is 0.482. The summed E-state index contributed by atoms with van der Waals surface area (Å²) in [5, 5.41) is 4.32. The molecule has 0 fully saturated rings. The summed E-state index contributed by atoms with van der Waals surface area (Å²) in [5.41, 5.74) is 5.21. The minimum absolute atomic E-state index is 0.0502. The SMILES string of the molecule is CCCCCC(=O)N/N=C(\c1ccccc1)c1cccnc1. The number of pyridine rings is 1. The summed E-state index contributed by atoms with van der Waals surface area (Å²) < 4.78 is 0. The highest BCUT2D eigenvalue weighted by atomic mass is 16.2. The number of hydrogen-bond acceptors (Lipinski definition) is 3. The molecule has 0 aliphatic heterocycles. The largest absolute Gasteiger partial charge is 0.273 e. The van der Waals surface area contributed by atoms with Crippen LogP contribution in [-0.4, -0.2) is 16.6 Å². The summed E-state index contributed by atoms with van der Waals surface area (Å²) in [7, 11) is 0. The van der Waals surface area contributed by atoms with E-state index in [9.17, 15) is 4.79 Å².